The van der Waals surface area contributed by atoms with Crippen LogP contribution < -0.4 is 10.6 Å². The molecule has 0 aromatic heterocycles. The lowest BCUT2D eigenvalue weighted by atomic mass is 10.0. The monoisotopic (exact) mass is 279 g/mol. The van der Waals surface area contributed by atoms with Gasteiger partial charge >= 0.3 is 0 Å². The molecule has 2 aromatic rings. The molecule has 0 saturated carbocycles. The second-order valence-corrected chi connectivity index (χ2v) is 5.62. The molecule has 1 heterocycles. The molecule has 0 spiro atoms. The quantitative estimate of drug-likeness (QED) is 0.905. The average Bonchev–Trinajstić information content (AvgIpc) is 2.89. The van der Waals surface area contributed by atoms with Gasteiger partial charge in [0.1, 0.15) is 0 Å². The Kier molecular flexibility index (Phi) is 3.91. The highest BCUT2D eigenvalue weighted by atomic mass is 15.3. The number of hydrogen-bond donors (Lipinski definition) is 2. The third kappa shape index (κ3) is 3.24. The van der Waals surface area contributed by atoms with Crippen LogP contribution in [0.25, 0.3) is 0 Å². The second-order valence-electron chi connectivity index (χ2n) is 5.62. The summed E-state index contributed by atoms with van der Waals surface area (Å²) in [6.45, 7) is 4.98. The van der Waals surface area contributed by atoms with E-state index in [0.717, 1.165) is 5.96 Å². The highest BCUT2D eigenvalue weighted by molar-refractivity contribution is 5.83. The zero-order valence-corrected chi connectivity index (χ0v) is 12.5. The van der Waals surface area contributed by atoms with Gasteiger partial charge in [-0.25, -0.2) is 4.99 Å². The smallest absolute Gasteiger partial charge is 0.192 e. The maximum absolute atomic E-state index is 4.64. The van der Waals surface area contributed by atoms with Crippen LogP contribution in [0.1, 0.15) is 29.7 Å². The molecule has 0 bridgehead atoms. The predicted octanol–water partition coefficient (Wildman–Crippen LogP) is 3.17. The van der Waals surface area contributed by atoms with Crippen LogP contribution in [-0.2, 0) is 6.54 Å². The van der Waals surface area contributed by atoms with Gasteiger partial charge in [0, 0.05) is 0 Å². The fourth-order valence-corrected chi connectivity index (χ4v) is 2.60. The molecule has 0 amide bonds. The minimum Gasteiger partial charge on any atom is -0.352 e. The van der Waals surface area contributed by atoms with Crippen LogP contribution >= 0.6 is 0 Å². The van der Waals surface area contributed by atoms with Gasteiger partial charge in [-0.3, -0.25) is 0 Å². The van der Waals surface area contributed by atoms with Crippen molar-refractivity contribution in [2.75, 3.05) is 0 Å². The highest BCUT2D eigenvalue weighted by Gasteiger charge is 2.27. The molecule has 3 heteroatoms. The summed E-state index contributed by atoms with van der Waals surface area (Å²) in [5.74, 6) is 0.886. The first-order valence-corrected chi connectivity index (χ1v) is 7.40. The Labute approximate surface area is 126 Å². The summed E-state index contributed by atoms with van der Waals surface area (Å²) >= 11 is 0. The number of hydrogen-bond acceptors (Lipinski definition) is 1. The van der Waals surface area contributed by atoms with Gasteiger partial charge in [-0.15, -0.1) is 0 Å². The van der Waals surface area contributed by atoms with Crippen LogP contribution in [0.15, 0.2) is 59.6 Å². The van der Waals surface area contributed by atoms with Crippen molar-refractivity contribution in [3.8, 4) is 0 Å². The van der Waals surface area contributed by atoms with E-state index in [2.05, 4.69) is 78.0 Å². The van der Waals surface area contributed by atoms with E-state index in [9.17, 15) is 0 Å². The van der Waals surface area contributed by atoms with Gasteiger partial charge in [0.2, 0.25) is 0 Å². The molecule has 1 aliphatic heterocycles. The Hall–Kier alpha value is -2.29. The highest BCUT2D eigenvalue weighted by Crippen LogP contribution is 2.20. The minimum absolute atomic E-state index is 0.281. The standard InChI is InChI=1S/C18H21N3/c1-13-8-10-15(11-9-13)12-19-18-20-14(2)17(21-18)16-6-4-3-5-7-16/h3-11,14,17H,12H2,1-2H3,(H2,19,20,21)/t14-,17-/m0/s1. The van der Waals surface area contributed by atoms with Crippen molar-refractivity contribution in [1.82, 2.24) is 10.6 Å². The van der Waals surface area contributed by atoms with Crippen LogP contribution in [0.4, 0.5) is 0 Å². The van der Waals surface area contributed by atoms with Gasteiger partial charge in [0.05, 0.1) is 18.6 Å². The van der Waals surface area contributed by atoms with E-state index in [1.54, 1.807) is 0 Å². The second kappa shape index (κ2) is 6.00. The molecule has 2 N–H and O–H groups in total. The largest absolute Gasteiger partial charge is 0.352 e. The first-order chi connectivity index (χ1) is 10.2. The van der Waals surface area contributed by atoms with Gasteiger partial charge in [0.25, 0.3) is 0 Å². The van der Waals surface area contributed by atoms with Crippen molar-refractivity contribution in [1.29, 1.82) is 0 Å². The van der Waals surface area contributed by atoms with Gasteiger partial charge in [-0.1, -0.05) is 60.2 Å². The van der Waals surface area contributed by atoms with Crippen molar-refractivity contribution in [3.05, 3.63) is 71.3 Å². The van der Waals surface area contributed by atoms with Crippen molar-refractivity contribution in [2.45, 2.75) is 32.5 Å². The minimum atomic E-state index is 0.281. The summed E-state index contributed by atoms with van der Waals surface area (Å²) in [6.07, 6.45) is 0. The molecule has 0 aliphatic carbocycles. The number of aliphatic imine (C=N–C) groups is 1. The van der Waals surface area contributed by atoms with Crippen molar-refractivity contribution in [2.24, 2.45) is 4.99 Å². The molecule has 2 atom stereocenters. The summed E-state index contributed by atoms with van der Waals surface area (Å²) in [6, 6.07) is 19.6. The van der Waals surface area contributed by atoms with E-state index >= 15 is 0 Å². The van der Waals surface area contributed by atoms with E-state index in [-0.39, 0.29) is 6.04 Å². The third-order valence-electron chi connectivity index (χ3n) is 3.86. The number of aryl methyl sites for hydroxylation is 1. The lowest BCUT2D eigenvalue weighted by Gasteiger charge is -2.14. The number of benzene rings is 2. The third-order valence-corrected chi connectivity index (χ3v) is 3.86. The van der Waals surface area contributed by atoms with E-state index in [1.807, 2.05) is 6.07 Å². The first-order valence-electron chi connectivity index (χ1n) is 7.40. The Balaban J connectivity index is 1.68. The van der Waals surface area contributed by atoms with Crippen molar-refractivity contribution < 1.29 is 0 Å². The molecule has 2 aromatic carbocycles. The van der Waals surface area contributed by atoms with E-state index in [4.69, 9.17) is 0 Å². The van der Waals surface area contributed by atoms with Gasteiger partial charge in [0.15, 0.2) is 5.96 Å². The Morgan fingerprint density at radius 2 is 1.67 bits per heavy atom. The lowest BCUT2D eigenvalue weighted by Crippen LogP contribution is -2.26. The molecule has 1 saturated heterocycles. The average molecular weight is 279 g/mol. The number of rotatable bonds is 3. The molecule has 0 unspecified atom stereocenters. The SMILES string of the molecule is Cc1ccc(CN=C2N[C@@H](C)[C@@H](c3ccccc3)N2)cc1. The zero-order valence-electron chi connectivity index (χ0n) is 12.5. The summed E-state index contributed by atoms with van der Waals surface area (Å²) in [4.78, 5) is 4.64. The van der Waals surface area contributed by atoms with E-state index in [1.165, 1.54) is 16.7 Å². The van der Waals surface area contributed by atoms with Crippen LogP contribution in [0.2, 0.25) is 0 Å². The topological polar surface area (TPSA) is 36.4 Å². The van der Waals surface area contributed by atoms with Crippen LogP contribution in [-0.4, -0.2) is 12.0 Å². The maximum atomic E-state index is 4.64. The fraction of sp³-hybridized carbons (Fsp3) is 0.278. The van der Waals surface area contributed by atoms with Crippen LogP contribution in [0.5, 0.6) is 0 Å². The molecule has 1 fully saturated rings. The van der Waals surface area contributed by atoms with Crippen molar-refractivity contribution >= 4 is 5.96 Å². The molecule has 1 aliphatic rings. The Morgan fingerprint density at radius 1 is 0.952 bits per heavy atom. The Bertz CT molecular complexity index is 617. The molecular formula is C18H21N3. The van der Waals surface area contributed by atoms with Gasteiger partial charge < -0.3 is 10.6 Å². The van der Waals surface area contributed by atoms with Gasteiger partial charge in [-0.05, 0) is 25.0 Å². The summed E-state index contributed by atoms with van der Waals surface area (Å²) in [5.41, 5.74) is 3.80. The zero-order chi connectivity index (χ0) is 14.7. The van der Waals surface area contributed by atoms with E-state index < -0.39 is 0 Å². The summed E-state index contributed by atoms with van der Waals surface area (Å²) < 4.78 is 0. The molecule has 21 heavy (non-hydrogen) atoms. The van der Waals surface area contributed by atoms with Crippen LogP contribution in [0.3, 0.4) is 0 Å². The summed E-state index contributed by atoms with van der Waals surface area (Å²) in [7, 11) is 0. The molecule has 108 valence electrons. The molecular weight excluding hydrogens is 258 g/mol. The lowest BCUT2D eigenvalue weighted by molar-refractivity contribution is 0.568. The van der Waals surface area contributed by atoms with Crippen LogP contribution in [0, 0.1) is 6.92 Å². The molecule has 3 nitrogen and oxygen atoms in total. The van der Waals surface area contributed by atoms with E-state index in [0.29, 0.717) is 12.6 Å². The predicted molar refractivity (Wildman–Crippen MR) is 87.2 cm³/mol. The number of guanidine groups is 1. The fourth-order valence-electron chi connectivity index (χ4n) is 2.60. The normalized spacial score (nSPS) is 22.9. The first kappa shape index (κ1) is 13.7. The summed E-state index contributed by atoms with van der Waals surface area (Å²) in [5, 5.41) is 6.90. The number of nitrogens with zero attached hydrogens (tertiary/aromatic N) is 1. The van der Waals surface area contributed by atoms with Crippen molar-refractivity contribution in [3.63, 3.8) is 0 Å². The maximum Gasteiger partial charge on any atom is 0.192 e. The van der Waals surface area contributed by atoms with Gasteiger partial charge in [-0.2, -0.15) is 0 Å². The molecule has 0 radical (unpaired) electrons. The Morgan fingerprint density at radius 3 is 2.38 bits per heavy atom. The number of nitrogens with one attached hydrogen (secondary N) is 2. The molecule has 3 rings (SSSR count).